The minimum atomic E-state index is 1.17. The molecule has 0 spiro atoms. The lowest BCUT2D eigenvalue weighted by Crippen LogP contribution is -1.70. The van der Waals surface area contributed by atoms with E-state index in [9.17, 15) is 0 Å². The molecule has 0 nitrogen and oxygen atoms in total. The Morgan fingerprint density at radius 2 is 2.33 bits per heavy atom. The molecule has 0 amide bonds. The van der Waals surface area contributed by atoms with Gasteiger partial charge in [0.1, 0.15) is 0 Å². The van der Waals surface area contributed by atoms with E-state index in [-0.39, 0.29) is 0 Å². The highest BCUT2D eigenvalue weighted by Crippen LogP contribution is 2.02. The average Bonchev–Trinajstić information content (AvgIpc) is 2.14. The number of rotatable bonds is 4. The van der Waals surface area contributed by atoms with Crippen molar-refractivity contribution in [2.75, 3.05) is 0 Å². The molecule has 1 radical (unpaired) electrons. The highest BCUT2D eigenvalue weighted by atomic mass is 13.9. The van der Waals surface area contributed by atoms with Crippen LogP contribution in [-0.2, 0) is 0 Å². The van der Waals surface area contributed by atoms with Gasteiger partial charge in [-0.05, 0) is 18.1 Å². The molecule has 1 aromatic carbocycles. The van der Waals surface area contributed by atoms with Gasteiger partial charge in [0.15, 0.2) is 0 Å². The van der Waals surface area contributed by atoms with Crippen molar-refractivity contribution in [1.29, 1.82) is 0 Å². The molecule has 0 saturated heterocycles. The maximum absolute atomic E-state index is 3.16. The highest BCUT2D eigenvalue weighted by molar-refractivity contribution is 5.47. The fraction of sp³-hybridized carbons (Fsp3) is 0.333. The maximum Gasteiger partial charge on any atom is -0.0106 e. The third kappa shape index (κ3) is 3.38. The summed E-state index contributed by atoms with van der Waals surface area (Å²) in [6.07, 6.45) is 8.08. The molecule has 0 aliphatic rings. The summed E-state index contributed by atoms with van der Waals surface area (Å²) in [5.41, 5.74) is 1.17. The van der Waals surface area contributed by atoms with Crippen LogP contribution in [0.2, 0.25) is 0 Å². The Morgan fingerprint density at radius 1 is 1.42 bits per heavy atom. The number of hydrogen-bond acceptors (Lipinski definition) is 0. The predicted octanol–water partition coefficient (Wildman–Crippen LogP) is 3.69. The van der Waals surface area contributed by atoms with Crippen LogP contribution in [0.4, 0.5) is 0 Å². The smallest absolute Gasteiger partial charge is 0.0106 e. The number of allylic oxidation sites excluding steroid dienone is 1. The van der Waals surface area contributed by atoms with Crippen LogP contribution >= 0.6 is 0 Å². The minimum absolute atomic E-state index is 1.17. The van der Waals surface area contributed by atoms with Crippen molar-refractivity contribution in [3.05, 3.63) is 42.0 Å². The van der Waals surface area contributed by atoms with E-state index in [0.29, 0.717) is 0 Å². The summed E-state index contributed by atoms with van der Waals surface area (Å²) in [6.45, 7) is 2.21. The Balaban J connectivity index is 2.36. The van der Waals surface area contributed by atoms with E-state index in [4.69, 9.17) is 0 Å². The topological polar surface area (TPSA) is 0 Å². The first-order valence-corrected chi connectivity index (χ1v) is 4.56. The van der Waals surface area contributed by atoms with E-state index in [1.165, 1.54) is 24.8 Å². The highest BCUT2D eigenvalue weighted by Gasteiger charge is 1.82. The summed E-state index contributed by atoms with van der Waals surface area (Å²) in [5, 5.41) is 0. The molecule has 0 N–H and O–H groups in total. The van der Waals surface area contributed by atoms with Gasteiger partial charge in [-0.25, -0.2) is 0 Å². The van der Waals surface area contributed by atoms with E-state index < -0.39 is 0 Å². The van der Waals surface area contributed by atoms with E-state index >= 15 is 0 Å². The van der Waals surface area contributed by atoms with Crippen molar-refractivity contribution in [3.8, 4) is 0 Å². The lowest BCUT2D eigenvalue weighted by atomic mass is 10.2. The average molecular weight is 159 g/mol. The molecular weight excluding hydrogens is 144 g/mol. The van der Waals surface area contributed by atoms with Gasteiger partial charge in [-0.2, -0.15) is 0 Å². The van der Waals surface area contributed by atoms with Gasteiger partial charge in [0.05, 0.1) is 0 Å². The van der Waals surface area contributed by atoms with Gasteiger partial charge in [0.2, 0.25) is 0 Å². The van der Waals surface area contributed by atoms with Crippen LogP contribution in [0.25, 0.3) is 6.08 Å². The zero-order valence-electron chi connectivity index (χ0n) is 7.59. The normalized spacial score (nSPS) is 10.8. The Kier molecular flexibility index (Phi) is 4.22. The minimum Gasteiger partial charge on any atom is -0.0839 e. The third-order valence-electron chi connectivity index (χ3n) is 1.75. The van der Waals surface area contributed by atoms with Crippen molar-refractivity contribution in [1.82, 2.24) is 0 Å². The van der Waals surface area contributed by atoms with Crippen LogP contribution in [0.15, 0.2) is 30.3 Å². The molecule has 0 atom stereocenters. The molecule has 0 heteroatoms. The SMILES string of the molecule is CCCCC=Cc1[c]cccc1. The largest absolute Gasteiger partial charge is 0.0839 e. The van der Waals surface area contributed by atoms with Gasteiger partial charge in [-0.3, -0.25) is 0 Å². The quantitative estimate of drug-likeness (QED) is 0.588. The second-order valence-electron chi connectivity index (χ2n) is 2.86. The van der Waals surface area contributed by atoms with Crippen LogP contribution in [0.5, 0.6) is 0 Å². The molecule has 0 unspecified atom stereocenters. The molecule has 63 valence electrons. The first-order chi connectivity index (χ1) is 5.93. The van der Waals surface area contributed by atoms with Gasteiger partial charge in [0.25, 0.3) is 0 Å². The molecule has 1 rings (SSSR count). The van der Waals surface area contributed by atoms with Crippen LogP contribution < -0.4 is 0 Å². The number of unbranched alkanes of at least 4 members (excludes halogenated alkanes) is 2. The van der Waals surface area contributed by atoms with Crippen molar-refractivity contribution in [3.63, 3.8) is 0 Å². The van der Waals surface area contributed by atoms with Crippen LogP contribution in [0.3, 0.4) is 0 Å². The standard InChI is InChI=1S/C12H15/c1-2-3-4-6-9-12-10-7-5-8-11-12/h5-10H,2-4H2,1H3. The van der Waals surface area contributed by atoms with Gasteiger partial charge >= 0.3 is 0 Å². The van der Waals surface area contributed by atoms with Crippen molar-refractivity contribution in [2.45, 2.75) is 26.2 Å². The first kappa shape index (κ1) is 9.05. The Labute approximate surface area is 74.9 Å². The summed E-state index contributed by atoms with van der Waals surface area (Å²) in [4.78, 5) is 0. The van der Waals surface area contributed by atoms with E-state index in [2.05, 4.69) is 31.2 Å². The molecule has 0 saturated carbocycles. The molecule has 0 aliphatic heterocycles. The lowest BCUT2D eigenvalue weighted by Gasteiger charge is -1.90. The Bertz CT molecular complexity index is 221. The van der Waals surface area contributed by atoms with Gasteiger partial charge in [-0.1, -0.05) is 56.2 Å². The molecule has 0 bridgehead atoms. The summed E-state index contributed by atoms with van der Waals surface area (Å²) in [6, 6.07) is 11.2. The Hall–Kier alpha value is -1.04. The fourth-order valence-electron chi connectivity index (χ4n) is 1.04. The molecule has 0 fully saturated rings. The summed E-state index contributed by atoms with van der Waals surface area (Å²) in [7, 11) is 0. The summed E-state index contributed by atoms with van der Waals surface area (Å²) < 4.78 is 0. The molecule has 12 heavy (non-hydrogen) atoms. The van der Waals surface area contributed by atoms with Crippen LogP contribution in [0.1, 0.15) is 31.7 Å². The maximum atomic E-state index is 3.16. The van der Waals surface area contributed by atoms with Gasteiger partial charge < -0.3 is 0 Å². The van der Waals surface area contributed by atoms with Gasteiger partial charge in [0, 0.05) is 0 Å². The molecular formula is C12H15. The van der Waals surface area contributed by atoms with Crippen LogP contribution in [-0.4, -0.2) is 0 Å². The number of hydrogen-bond donors (Lipinski definition) is 0. The molecule has 0 heterocycles. The second kappa shape index (κ2) is 5.59. The van der Waals surface area contributed by atoms with Crippen LogP contribution in [0, 0.1) is 6.07 Å². The number of benzene rings is 1. The summed E-state index contributed by atoms with van der Waals surface area (Å²) in [5.74, 6) is 0. The zero-order chi connectivity index (χ0) is 8.65. The zero-order valence-corrected chi connectivity index (χ0v) is 7.59. The first-order valence-electron chi connectivity index (χ1n) is 4.56. The second-order valence-corrected chi connectivity index (χ2v) is 2.86. The molecule has 0 aliphatic carbocycles. The monoisotopic (exact) mass is 159 g/mol. The Morgan fingerprint density at radius 3 is 3.00 bits per heavy atom. The van der Waals surface area contributed by atoms with Crippen molar-refractivity contribution in [2.24, 2.45) is 0 Å². The summed E-state index contributed by atoms with van der Waals surface area (Å²) >= 11 is 0. The molecule has 1 aromatic rings. The molecule has 0 aromatic heterocycles. The van der Waals surface area contributed by atoms with E-state index in [0.717, 1.165) is 0 Å². The van der Waals surface area contributed by atoms with E-state index in [1.54, 1.807) is 0 Å². The fourth-order valence-corrected chi connectivity index (χ4v) is 1.04. The van der Waals surface area contributed by atoms with Crippen molar-refractivity contribution >= 4 is 6.08 Å². The van der Waals surface area contributed by atoms with E-state index in [1.807, 2.05) is 18.2 Å². The predicted molar refractivity (Wildman–Crippen MR) is 53.8 cm³/mol. The van der Waals surface area contributed by atoms with Gasteiger partial charge in [-0.15, -0.1) is 0 Å². The third-order valence-corrected chi connectivity index (χ3v) is 1.75. The lowest BCUT2D eigenvalue weighted by molar-refractivity contribution is 0.816. The van der Waals surface area contributed by atoms with Crippen molar-refractivity contribution < 1.29 is 0 Å².